The Morgan fingerprint density at radius 2 is 1.83 bits per heavy atom. The van der Waals surface area contributed by atoms with Crippen molar-refractivity contribution in [1.29, 1.82) is 0 Å². The van der Waals surface area contributed by atoms with Crippen molar-refractivity contribution >= 4 is 11.6 Å². The van der Waals surface area contributed by atoms with Gasteiger partial charge in [0.2, 0.25) is 5.91 Å². The van der Waals surface area contributed by atoms with Crippen LogP contribution < -0.4 is 4.90 Å². The van der Waals surface area contributed by atoms with Crippen LogP contribution in [0.15, 0.2) is 42.5 Å². The maximum atomic E-state index is 13.9. The molecule has 1 heterocycles. The van der Waals surface area contributed by atoms with Gasteiger partial charge in [-0.3, -0.25) is 9.69 Å². The van der Waals surface area contributed by atoms with E-state index in [1.165, 1.54) is 11.6 Å². The summed E-state index contributed by atoms with van der Waals surface area (Å²) >= 11 is 0. The Balaban J connectivity index is 1.79. The number of carbonyl (C=O) groups is 1. The quantitative estimate of drug-likeness (QED) is 0.859. The molecule has 1 unspecified atom stereocenters. The van der Waals surface area contributed by atoms with E-state index in [0.717, 1.165) is 17.8 Å². The molecule has 3 rings (SSSR count). The van der Waals surface area contributed by atoms with E-state index < -0.39 is 0 Å². The number of halogens is 1. The number of hydrogen-bond acceptors (Lipinski definition) is 2. The molecule has 2 aromatic rings. The number of benzene rings is 2. The van der Waals surface area contributed by atoms with Crippen LogP contribution in [0.1, 0.15) is 23.6 Å². The first-order valence-corrected chi connectivity index (χ1v) is 8.34. The van der Waals surface area contributed by atoms with Gasteiger partial charge in [0.05, 0.1) is 6.04 Å². The summed E-state index contributed by atoms with van der Waals surface area (Å²) in [5.74, 6) is -0.139. The molecular weight excluding hydrogens is 303 g/mol. The Bertz CT molecular complexity index is 759. The largest absolute Gasteiger partial charge is 0.310 e. The molecular formula is C20H23FN2O. The summed E-state index contributed by atoms with van der Waals surface area (Å²) in [4.78, 5) is 16.8. The molecule has 1 amide bonds. The van der Waals surface area contributed by atoms with Gasteiger partial charge >= 0.3 is 0 Å². The lowest BCUT2D eigenvalue weighted by Crippen LogP contribution is -2.55. The van der Waals surface area contributed by atoms with Crippen LogP contribution in [0.25, 0.3) is 0 Å². The third-order valence-electron chi connectivity index (χ3n) is 4.98. The van der Waals surface area contributed by atoms with Crippen LogP contribution in [-0.2, 0) is 11.3 Å². The molecule has 1 aliphatic heterocycles. The summed E-state index contributed by atoms with van der Waals surface area (Å²) in [5, 5.41) is 0. The summed E-state index contributed by atoms with van der Waals surface area (Å²) < 4.78 is 13.9. The molecule has 3 nitrogen and oxygen atoms in total. The molecule has 0 bridgehead atoms. The number of piperazine rings is 1. The average Bonchev–Trinajstić information content (AvgIpc) is 2.57. The predicted molar refractivity (Wildman–Crippen MR) is 94.5 cm³/mol. The predicted octanol–water partition coefficient (Wildman–Crippen LogP) is 3.68. The topological polar surface area (TPSA) is 23.6 Å². The Labute approximate surface area is 142 Å². The molecule has 2 aromatic carbocycles. The van der Waals surface area contributed by atoms with E-state index in [4.69, 9.17) is 0 Å². The summed E-state index contributed by atoms with van der Waals surface area (Å²) in [6.45, 7) is 7.83. The Hall–Kier alpha value is -2.20. The summed E-state index contributed by atoms with van der Waals surface area (Å²) in [5.41, 5.74) is 3.94. The van der Waals surface area contributed by atoms with Gasteiger partial charge in [-0.15, -0.1) is 0 Å². The maximum Gasteiger partial charge on any atom is 0.244 e. The van der Waals surface area contributed by atoms with Crippen LogP contribution in [0.4, 0.5) is 10.1 Å². The van der Waals surface area contributed by atoms with Crippen LogP contribution >= 0.6 is 0 Å². The monoisotopic (exact) mass is 326 g/mol. The Kier molecular flexibility index (Phi) is 4.67. The molecule has 1 atom stereocenters. The molecule has 0 spiro atoms. The lowest BCUT2D eigenvalue weighted by molar-refractivity contribution is -0.125. The molecule has 0 radical (unpaired) electrons. The lowest BCUT2D eigenvalue weighted by Gasteiger charge is -2.39. The molecule has 0 aromatic heterocycles. The highest BCUT2D eigenvalue weighted by Gasteiger charge is 2.33. The number of nitrogens with zero attached hydrogens (tertiary/aromatic N) is 2. The molecule has 0 aliphatic carbocycles. The zero-order chi connectivity index (χ0) is 17.3. The first-order valence-electron chi connectivity index (χ1n) is 8.34. The molecule has 126 valence electrons. The van der Waals surface area contributed by atoms with Crippen molar-refractivity contribution in [1.82, 2.24) is 4.90 Å². The lowest BCUT2D eigenvalue weighted by atomic mass is 10.0. The fourth-order valence-corrected chi connectivity index (χ4v) is 3.24. The van der Waals surface area contributed by atoms with Gasteiger partial charge in [-0.1, -0.05) is 30.3 Å². The smallest absolute Gasteiger partial charge is 0.244 e. The van der Waals surface area contributed by atoms with Gasteiger partial charge < -0.3 is 4.90 Å². The fourth-order valence-electron chi connectivity index (χ4n) is 3.24. The van der Waals surface area contributed by atoms with Crippen molar-refractivity contribution < 1.29 is 9.18 Å². The van der Waals surface area contributed by atoms with Crippen LogP contribution in [0.5, 0.6) is 0 Å². The van der Waals surface area contributed by atoms with Gasteiger partial charge in [-0.05, 0) is 44.0 Å². The highest BCUT2D eigenvalue weighted by Crippen LogP contribution is 2.27. The van der Waals surface area contributed by atoms with E-state index in [-0.39, 0.29) is 17.8 Å². The first kappa shape index (κ1) is 16.7. The average molecular weight is 326 g/mol. The third-order valence-corrected chi connectivity index (χ3v) is 4.98. The maximum absolute atomic E-state index is 13.9. The zero-order valence-electron chi connectivity index (χ0n) is 14.4. The summed E-state index contributed by atoms with van der Waals surface area (Å²) in [7, 11) is 0. The fraction of sp³-hybridized carbons (Fsp3) is 0.350. The van der Waals surface area contributed by atoms with Gasteiger partial charge in [0.1, 0.15) is 5.82 Å². The third kappa shape index (κ3) is 3.06. The van der Waals surface area contributed by atoms with E-state index >= 15 is 0 Å². The van der Waals surface area contributed by atoms with E-state index in [1.807, 2.05) is 41.8 Å². The Morgan fingerprint density at radius 1 is 1.08 bits per heavy atom. The number of amides is 1. The van der Waals surface area contributed by atoms with Crippen molar-refractivity contribution in [2.24, 2.45) is 0 Å². The van der Waals surface area contributed by atoms with Gasteiger partial charge in [-0.25, -0.2) is 4.39 Å². The van der Waals surface area contributed by atoms with E-state index in [1.54, 1.807) is 12.1 Å². The van der Waals surface area contributed by atoms with Crippen LogP contribution in [0, 0.1) is 19.7 Å². The van der Waals surface area contributed by atoms with E-state index in [0.29, 0.717) is 18.7 Å². The van der Waals surface area contributed by atoms with Crippen molar-refractivity contribution in [3.05, 3.63) is 65.0 Å². The number of aryl methyl sites for hydroxylation is 1. The Morgan fingerprint density at radius 3 is 2.58 bits per heavy atom. The molecule has 24 heavy (non-hydrogen) atoms. The van der Waals surface area contributed by atoms with Crippen molar-refractivity contribution in [2.45, 2.75) is 33.4 Å². The minimum Gasteiger partial charge on any atom is -0.310 e. The van der Waals surface area contributed by atoms with Crippen LogP contribution in [-0.4, -0.2) is 29.9 Å². The van der Waals surface area contributed by atoms with Gasteiger partial charge in [0, 0.05) is 30.9 Å². The summed E-state index contributed by atoms with van der Waals surface area (Å²) in [6.07, 6.45) is 0. The summed E-state index contributed by atoms with van der Waals surface area (Å²) in [6, 6.07) is 12.5. The van der Waals surface area contributed by atoms with Crippen LogP contribution in [0.3, 0.4) is 0 Å². The van der Waals surface area contributed by atoms with E-state index in [2.05, 4.69) is 13.0 Å². The zero-order valence-corrected chi connectivity index (χ0v) is 14.4. The molecule has 1 saturated heterocycles. The highest BCUT2D eigenvalue weighted by molar-refractivity contribution is 5.98. The molecule has 1 fully saturated rings. The normalized spacial score (nSPS) is 18.9. The first-order chi connectivity index (χ1) is 11.5. The molecule has 0 saturated carbocycles. The minimum absolute atomic E-state index is 0.0753. The van der Waals surface area contributed by atoms with Crippen molar-refractivity contribution in [3.8, 4) is 0 Å². The molecule has 4 heteroatoms. The number of anilines is 1. The highest BCUT2D eigenvalue weighted by atomic mass is 19.1. The number of hydrogen-bond donors (Lipinski definition) is 0. The second kappa shape index (κ2) is 6.73. The second-order valence-electron chi connectivity index (χ2n) is 6.45. The second-order valence-corrected chi connectivity index (χ2v) is 6.45. The molecule has 1 aliphatic rings. The minimum atomic E-state index is -0.265. The van der Waals surface area contributed by atoms with Crippen molar-refractivity contribution in [3.63, 3.8) is 0 Å². The van der Waals surface area contributed by atoms with Gasteiger partial charge in [-0.2, -0.15) is 0 Å². The van der Waals surface area contributed by atoms with Gasteiger partial charge in [0.25, 0.3) is 0 Å². The van der Waals surface area contributed by atoms with Gasteiger partial charge in [0.15, 0.2) is 0 Å². The van der Waals surface area contributed by atoms with E-state index in [9.17, 15) is 9.18 Å². The SMILES string of the molecule is Cc1cccc(N2CCN(Cc3ccccc3F)C(C)C2=O)c1C. The van der Waals surface area contributed by atoms with Crippen molar-refractivity contribution in [2.75, 3.05) is 18.0 Å². The number of carbonyl (C=O) groups excluding carboxylic acids is 1. The number of rotatable bonds is 3. The standard InChI is InChI=1S/C20H23FN2O/c1-14-7-6-10-19(15(14)2)23-12-11-22(16(3)20(23)24)13-17-8-4-5-9-18(17)21/h4-10,16H,11-13H2,1-3H3. The molecule has 0 N–H and O–H groups in total. The van der Waals surface area contributed by atoms with Crippen LogP contribution in [0.2, 0.25) is 0 Å².